The number of likely N-dealkylation sites (N-methyl/N-ethyl adjacent to an activating group) is 1. The molecule has 0 aliphatic rings. The molecule has 8 nitrogen and oxygen atoms in total. The molecule has 0 amide bonds. The summed E-state index contributed by atoms with van der Waals surface area (Å²) in [7, 11) is 5.37. The summed E-state index contributed by atoms with van der Waals surface area (Å²) in [5, 5.41) is 11.6. The van der Waals surface area contributed by atoms with Gasteiger partial charge in [0.25, 0.3) is 0 Å². The lowest BCUT2D eigenvalue weighted by molar-refractivity contribution is -0.889. The van der Waals surface area contributed by atoms with Crippen LogP contribution in [0.2, 0.25) is 0 Å². The van der Waals surface area contributed by atoms with E-state index >= 15 is 0 Å². The van der Waals surface area contributed by atoms with Crippen LogP contribution in [0.3, 0.4) is 0 Å². The van der Waals surface area contributed by atoms with E-state index in [0.717, 1.165) is 83.5 Å². The Morgan fingerprint density at radius 2 is 1.00 bits per heavy atom. The molecule has 0 fully saturated rings. The fourth-order valence-corrected chi connectivity index (χ4v) is 5.67. The first-order valence-corrected chi connectivity index (χ1v) is 22.0. The number of esters is 2. The number of unbranched alkanes of at least 4 members (excludes halogenated alkanes) is 9. The molecule has 0 rings (SSSR count). The Hall–Kier alpha value is -4.01. The minimum atomic E-state index is -1.14. The normalized spacial score (nSPS) is 14.0. The van der Waals surface area contributed by atoms with E-state index in [-0.39, 0.29) is 55.5 Å². The van der Waals surface area contributed by atoms with Gasteiger partial charge in [0.1, 0.15) is 12.6 Å². The molecule has 0 spiro atoms. The second-order valence-electron chi connectivity index (χ2n) is 15.3. The number of hydrogen-bond donors (Lipinski definition) is 0. The van der Waals surface area contributed by atoms with Crippen molar-refractivity contribution < 1.29 is 38.2 Å². The fourth-order valence-electron chi connectivity index (χ4n) is 5.67. The SMILES string of the molecule is CC/C=C/C=C/C=C/C=C/C=C/CCCCCC(=O)OCC(COCCC(C(=O)[O-])[N+](C)(C)C)OC(=O)CCCCCCCC/C=C/C/C=C/C/C=C/C/C=C/CC. The average molecular weight is 806 g/mol. The van der Waals surface area contributed by atoms with E-state index in [9.17, 15) is 19.5 Å². The number of ether oxygens (including phenoxy) is 3. The number of aliphatic carboxylic acids is 1. The summed E-state index contributed by atoms with van der Waals surface area (Å²) in [6, 6.07) is -0.742. The van der Waals surface area contributed by atoms with Gasteiger partial charge in [0, 0.05) is 19.3 Å². The molecule has 8 heteroatoms. The van der Waals surface area contributed by atoms with Crippen molar-refractivity contribution in [2.24, 2.45) is 0 Å². The van der Waals surface area contributed by atoms with E-state index in [1.165, 1.54) is 12.8 Å². The number of carboxylic acid groups (broad SMARTS) is 1. The smallest absolute Gasteiger partial charge is 0.306 e. The largest absolute Gasteiger partial charge is 0.544 e. The maximum Gasteiger partial charge on any atom is 0.306 e. The van der Waals surface area contributed by atoms with Crippen molar-refractivity contribution in [2.45, 2.75) is 148 Å². The number of rotatable bonds is 37. The standard InChI is InChI=1S/C50H79NO7/c1-6-8-10-12-14-16-18-20-22-23-24-25-27-29-31-33-35-37-39-41-49(53)58-46(44-56-43-42-47(50(54)55)51(3,4)5)45-57-48(52)40-38-36-34-32-30-28-26-21-19-17-15-13-11-9-7-2/h8-11,13-17,19-22,24-26,28,30,46-47H,6-7,12,18,23,27,29,31-45H2,1-5H3/b10-8+,11-9+,15-13+,16-14+,19-17+,22-20+,25-24+,26-21+,30-28+. The van der Waals surface area contributed by atoms with E-state index in [1.807, 2.05) is 48.6 Å². The summed E-state index contributed by atoms with van der Waals surface area (Å²) >= 11 is 0. The van der Waals surface area contributed by atoms with Gasteiger partial charge in [-0.25, -0.2) is 0 Å². The van der Waals surface area contributed by atoms with Crippen molar-refractivity contribution in [2.75, 3.05) is 41.0 Å². The molecule has 0 aliphatic carbocycles. The third-order valence-corrected chi connectivity index (χ3v) is 9.03. The molecule has 0 aromatic carbocycles. The van der Waals surface area contributed by atoms with Crippen LogP contribution in [0.15, 0.2) is 109 Å². The first-order valence-electron chi connectivity index (χ1n) is 22.0. The maximum atomic E-state index is 12.7. The van der Waals surface area contributed by atoms with Crippen molar-refractivity contribution in [3.63, 3.8) is 0 Å². The first-order chi connectivity index (χ1) is 28.1. The van der Waals surface area contributed by atoms with Crippen LogP contribution in [-0.4, -0.2) is 75.5 Å². The van der Waals surface area contributed by atoms with E-state index in [0.29, 0.717) is 6.42 Å². The molecule has 0 aromatic heterocycles. The Balaban J connectivity index is 4.47. The van der Waals surface area contributed by atoms with E-state index in [4.69, 9.17) is 14.2 Å². The summed E-state index contributed by atoms with van der Waals surface area (Å²) in [6.07, 6.45) is 54.0. The highest BCUT2D eigenvalue weighted by Gasteiger charge is 2.25. The molecule has 2 unspecified atom stereocenters. The lowest BCUT2D eigenvalue weighted by atomic mass is 10.1. The molecular weight excluding hydrogens is 727 g/mol. The molecule has 2 atom stereocenters. The molecule has 58 heavy (non-hydrogen) atoms. The molecule has 0 aliphatic heterocycles. The Morgan fingerprint density at radius 3 is 1.57 bits per heavy atom. The summed E-state index contributed by atoms with van der Waals surface area (Å²) in [4.78, 5) is 36.9. The number of carbonyl (C=O) groups excluding carboxylic acids is 3. The molecule has 0 radical (unpaired) electrons. The van der Waals surface area contributed by atoms with Gasteiger partial charge in [-0.2, -0.15) is 0 Å². The van der Waals surface area contributed by atoms with Crippen LogP contribution >= 0.6 is 0 Å². The number of nitrogens with zero attached hydrogens (tertiary/aromatic N) is 1. The van der Waals surface area contributed by atoms with Crippen LogP contribution in [0, 0.1) is 0 Å². The van der Waals surface area contributed by atoms with Crippen LogP contribution in [0.1, 0.15) is 136 Å². The second kappa shape index (κ2) is 39.8. The number of allylic oxidation sites excluding steroid dienone is 18. The van der Waals surface area contributed by atoms with Gasteiger partial charge >= 0.3 is 11.9 Å². The minimum Gasteiger partial charge on any atom is -0.544 e. The fraction of sp³-hybridized carbons (Fsp3) is 0.580. The summed E-state index contributed by atoms with van der Waals surface area (Å²) in [5.41, 5.74) is 0. The van der Waals surface area contributed by atoms with Crippen molar-refractivity contribution >= 4 is 17.9 Å². The Kier molecular flexibility index (Phi) is 37.0. The highest BCUT2D eigenvalue weighted by Crippen LogP contribution is 2.12. The summed E-state index contributed by atoms with van der Waals surface area (Å²) in [5.74, 6) is -1.83. The van der Waals surface area contributed by atoms with E-state index in [2.05, 4.69) is 74.6 Å². The van der Waals surface area contributed by atoms with Crippen molar-refractivity contribution in [1.29, 1.82) is 0 Å². The van der Waals surface area contributed by atoms with Gasteiger partial charge in [-0.15, -0.1) is 0 Å². The molecule has 0 saturated heterocycles. The zero-order valence-corrected chi connectivity index (χ0v) is 36.9. The predicted molar refractivity (Wildman–Crippen MR) is 240 cm³/mol. The van der Waals surface area contributed by atoms with Gasteiger partial charge < -0.3 is 28.6 Å². The third kappa shape index (κ3) is 37.6. The van der Waals surface area contributed by atoms with E-state index < -0.39 is 18.1 Å². The predicted octanol–water partition coefficient (Wildman–Crippen LogP) is 10.7. The molecule has 0 saturated carbocycles. The van der Waals surface area contributed by atoms with Crippen molar-refractivity contribution in [3.8, 4) is 0 Å². The van der Waals surface area contributed by atoms with Crippen LogP contribution in [0.5, 0.6) is 0 Å². The quantitative estimate of drug-likeness (QED) is 0.0203. The van der Waals surface area contributed by atoms with Crippen LogP contribution in [0.25, 0.3) is 0 Å². The summed E-state index contributed by atoms with van der Waals surface area (Å²) < 4.78 is 17.1. The van der Waals surface area contributed by atoms with E-state index in [1.54, 1.807) is 21.1 Å². The van der Waals surface area contributed by atoms with Crippen LogP contribution < -0.4 is 5.11 Å². The number of carboxylic acids is 1. The zero-order chi connectivity index (χ0) is 42.8. The van der Waals surface area contributed by atoms with Gasteiger partial charge in [0.15, 0.2) is 6.10 Å². The molecular formula is C50H79NO7. The van der Waals surface area contributed by atoms with Gasteiger partial charge in [-0.3, -0.25) is 9.59 Å². The van der Waals surface area contributed by atoms with Gasteiger partial charge in [-0.1, -0.05) is 155 Å². The highest BCUT2D eigenvalue weighted by molar-refractivity contribution is 5.70. The zero-order valence-electron chi connectivity index (χ0n) is 36.9. The Labute approximate surface area is 353 Å². The maximum absolute atomic E-state index is 12.7. The Morgan fingerprint density at radius 1 is 0.534 bits per heavy atom. The average Bonchev–Trinajstić information content (AvgIpc) is 3.18. The second-order valence-corrected chi connectivity index (χ2v) is 15.3. The lowest BCUT2D eigenvalue weighted by Gasteiger charge is -2.34. The van der Waals surface area contributed by atoms with Gasteiger partial charge in [-0.05, 0) is 70.6 Å². The van der Waals surface area contributed by atoms with Crippen LogP contribution in [0.4, 0.5) is 0 Å². The highest BCUT2D eigenvalue weighted by atomic mass is 16.6. The number of hydrogen-bond acceptors (Lipinski definition) is 7. The molecule has 0 aromatic rings. The monoisotopic (exact) mass is 806 g/mol. The topological polar surface area (TPSA) is 102 Å². The summed E-state index contributed by atoms with van der Waals surface area (Å²) in [6.45, 7) is 4.31. The van der Waals surface area contributed by atoms with Gasteiger partial charge in [0.05, 0.1) is 40.3 Å². The molecule has 0 N–H and O–H groups in total. The van der Waals surface area contributed by atoms with Crippen molar-refractivity contribution in [1.82, 2.24) is 0 Å². The molecule has 326 valence electrons. The Bertz CT molecular complexity index is 1310. The first kappa shape index (κ1) is 54.0. The lowest BCUT2D eigenvalue weighted by Crippen LogP contribution is -2.55. The molecule has 0 heterocycles. The van der Waals surface area contributed by atoms with Crippen LogP contribution in [-0.2, 0) is 28.6 Å². The molecule has 0 bridgehead atoms. The minimum absolute atomic E-state index is 0.0127. The van der Waals surface area contributed by atoms with Gasteiger partial charge in [0.2, 0.25) is 0 Å². The van der Waals surface area contributed by atoms with Crippen molar-refractivity contribution in [3.05, 3.63) is 109 Å². The third-order valence-electron chi connectivity index (χ3n) is 9.03. The number of carbonyl (C=O) groups is 3. The number of quaternary nitrogens is 1.